The third-order valence-corrected chi connectivity index (χ3v) is 7.14. The van der Waals surface area contributed by atoms with Gasteiger partial charge in [-0.2, -0.15) is 0 Å². The van der Waals surface area contributed by atoms with E-state index in [-0.39, 0.29) is 11.8 Å². The van der Waals surface area contributed by atoms with Gasteiger partial charge in [-0.05, 0) is 68.1 Å². The van der Waals surface area contributed by atoms with Crippen LogP contribution in [-0.4, -0.2) is 35.7 Å². The molecule has 1 saturated heterocycles. The van der Waals surface area contributed by atoms with E-state index in [0.29, 0.717) is 19.6 Å². The molecule has 0 N–H and O–H groups in total. The van der Waals surface area contributed by atoms with Crippen molar-refractivity contribution < 1.29 is 14.3 Å². The molecule has 1 aliphatic heterocycles. The maximum Gasteiger partial charge on any atom is 0.227 e. The van der Waals surface area contributed by atoms with E-state index >= 15 is 0 Å². The number of unbranched alkanes of at least 4 members (excludes halogenated alkanes) is 1. The van der Waals surface area contributed by atoms with Gasteiger partial charge in [-0.15, -0.1) is 0 Å². The summed E-state index contributed by atoms with van der Waals surface area (Å²) < 4.78 is 13.6. The molecule has 1 aromatic heterocycles. The number of nitrogens with zero attached hydrogens (tertiary/aromatic N) is 3. The van der Waals surface area contributed by atoms with E-state index in [1.807, 2.05) is 47.4 Å². The second-order valence-electron chi connectivity index (χ2n) is 9.44. The zero-order valence-corrected chi connectivity index (χ0v) is 21.2. The average Bonchev–Trinajstić information content (AvgIpc) is 3.46. The van der Waals surface area contributed by atoms with Crippen molar-refractivity contribution in [3.8, 4) is 11.5 Å². The minimum atomic E-state index is 0.0645. The number of para-hydroxylation sites is 4. The van der Waals surface area contributed by atoms with Crippen molar-refractivity contribution >= 4 is 22.6 Å². The lowest BCUT2D eigenvalue weighted by molar-refractivity contribution is -0.117. The fraction of sp³-hybridized carbons (Fsp3) is 0.333. The van der Waals surface area contributed by atoms with Gasteiger partial charge in [0.15, 0.2) is 11.5 Å². The highest BCUT2D eigenvalue weighted by Gasteiger charge is 2.35. The van der Waals surface area contributed by atoms with Gasteiger partial charge in [-0.1, -0.05) is 36.4 Å². The minimum absolute atomic E-state index is 0.0645. The smallest absolute Gasteiger partial charge is 0.227 e. The zero-order chi connectivity index (χ0) is 25.1. The molecule has 1 atom stereocenters. The topological polar surface area (TPSA) is 56.6 Å². The van der Waals surface area contributed by atoms with Crippen molar-refractivity contribution in [1.82, 2.24) is 9.55 Å². The Morgan fingerprint density at radius 3 is 2.56 bits per heavy atom. The zero-order valence-electron chi connectivity index (χ0n) is 21.2. The van der Waals surface area contributed by atoms with Crippen molar-refractivity contribution in [3.05, 3.63) is 83.7 Å². The van der Waals surface area contributed by atoms with Crippen LogP contribution in [0.5, 0.6) is 11.5 Å². The number of aromatic nitrogens is 2. The number of benzene rings is 3. The molecule has 0 saturated carbocycles. The monoisotopic (exact) mass is 483 g/mol. The lowest BCUT2D eigenvalue weighted by Gasteiger charge is -2.20. The van der Waals surface area contributed by atoms with Gasteiger partial charge in [-0.3, -0.25) is 4.79 Å². The normalized spacial score (nSPS) is 15.6. The predicted octanol–water partition coefficient (Wildman–Crippen LogP) is 6.04. The van der Waals surface area contributed by atoms with E-state index in [1.54, 1.807) is 7.11 Å². The van der Waals surface area contributed by atoms with Crippen molar-refractivity contribution in [2.75, 3.05) is 25.2 Å². The first kappa shape index (κ1) is 23.9. The number of methoxy groups -OCH3 is 1. The summed E-state index contributed by atoms with van der Waals surface area (Å²) in [5.74, 6) is 2.75. The second kappa shape index (κ2) is 10.4. The molecule has 0 spiro atoms. The number of imidazole rings is 1. The number of carbonyl (C=O) groups excluding carboxylic acids is 1. The molecule has 6 nitrogen and oxygen atoms in total. The Kier molecular flexibility index (Phi) is 6.94. The second-order valence-corrected chi connectivity index (χ2v) is 9.44. The van der Waals surface area contributed by atoms with Gasteiger partial charge < -0.3 is 18.9 Å². The quantitative estimate of drug-likeness (QED) is 0.272. The number of hydrogen-bond acceptors (Lipinski definition) is 4. The van der Waals surface area contributed by atoms with Crippen LogP contribution in [0.25, 0.3) is 11.0 Å². The van der Waals surface area contributed by atoms with Gasteiger partial charge in [0.05, 0.1) is 24.8 Å². The fourth-order valence-electron chi connectivity index (χ4n) is 5.07. The molecule has 1 fully saturated rings. The van der Waals surface area contributed by atoms with Crippen molar-refractivity contribution in [2.24, 2.45) is 0 Å². The van der Waals surface area contributed by atoms with Gasteiger partial charge in [0, 0.05) is 31.1 Å². The molecule has 1 unspecified atom stereocenters. The van der Waals surface area contributed by atoms with Crippen LogP contribution in [0.15, 0.2) is 66.7 Å². The lowest BCUT2D eigenvalue weighted by Crippen LogP contribution is -2.25. The maximum atomic E-state index is 13.1. The van der Waals surface area contributed by atoms with Crippen LogP contribution in [-0.2, 0) is 11.3 Å². The predicted molar refractivity (Wildman–Crippen MR) is 143 cm³/mol. The molecule has 0 radical (unpaired) electrons. The first-order valence-corrected chi connectivity index (χ1v) is 12.6. The summed E-state index contributed by atoms with van der Waals surface area (Å²) in [6, 6.07) is 22.1. The van der Waals surface area contributed by atoms with Crippen LogP contribution in [0.3, 0.4) is 0 Å². The van der Waals surface area contributed by atoms with E-state index in [9.17, 15) is 4.79 Å². The summed E-state index contributed by atoms with van der Waals surface area (Å²) in [4.78, 5) is 20.0. The van der Waals surface area contributed by atoms with Crippen LogP contribution < -0.4 is 14.4 Å². The van der Waals surface area contributed by atoms with Crippen LogP contribution >= 0.6 is 0 Å². The van der Waals surface area contributed by atoms with Gasteiger partial charge in [-0.25, -0.2) is 4.98 Å². The highest BCUT2D eigenvalue weighted by molar-refractivity contribution is 5.97. The van der Waals surface area contributed by atoms with E-state index in [1.165, 1.54) is 5.56 Å². The molecule has 5 rings (SSSR count). The third kappa shape index (κ3) is 4.68. The Hall–Kier alpha value is -3.80. The summed E-state index contributed by atoms with van der Waals surface area (Å²) in [5.41, 5.74) is 5.48. The average molecular weight is 484 g/mol. The van der Waals surface area contributed by atoms with Gasteiger partial charge >= 0.3 is 0 Å². The van der Waals surface area contributed by atoms with Crippen molar-refractivity contribution in [2.45, 2.75) is 45.6 Å². The molecule has 0 bridgehead atoms. The standard InChI is InChI=1S/C30H33N3O3/c1-21-11-10-14-25(22(21)2)33-20-23(19-29(33)34)30-31-24-12-4-5-13-26(24)32(30)17-8-9-18-36-28-16-7-6-15-27(28)35-3/h4-7,10-16,23H,8-9,17-20H2,1-3H3. The van der Waals surface area contributed by atoms with Crippen molar-refractivity contribution in [1.29, 1.82) is 0 Å². The molecule has 1 aliphatic rings. The molecular formula is C30H33N3O3. The first-order valence-electron chi connectivity index (χ1n) is 12.6. The van der Waals surface area contributed by atoms with Crippen LogP contribution in [0.4, 0.5) is 5.69 Å². The number of hydrogen-bond donors (Lipinski definition) is 0. The van der Waals surface area contributed by atoms with Gasteiger partial charge in [0.1, 0.15) is 5.82 Å². The number of aryl methyl sites for hydroxylation is 2. The molecule has 4 aromatic rings. The summed E-state index contributed by atoms with van der Waals surface area (Å²) in [5, 5.41) is 0. The number of carbonyl (C=O) groups is 1. The number of amides is 1. The lowest BCUT2D eigenvalue weighted by atomic mass is 10.1. The Labute approximate surface area is 212 Å². The Balaban J connectivity index is 1.31. The SMILES string of the molecule is COc1ccccc1OCCCCn1c(C2CC(=O)N(c3cccc(C)c3C)C2)nc2ccccc21. The first-order chi connectivity index (χ1) is 17.6. The molecule has 3 aromatic carbocycles. The van der Waals surface area contributed by atoms with Crippen molar-refractivity contribution in [3.63, 3.8) is 0 Å². The fourth-order valence-corrected chi connectivity index (χ4v) is 5.07. The van der Waals surface area contributed by atoms with E-state index in [4.69, 9.17) is 14.5 Å². The van der Waals surface area contributed by atoms with Crippen LogP contribution in [0.1, 0.15) is 42.1 Å². The maximum absolute atomic E-state index is 13.1. The summed E-state index contributed by atoms with van der Waals surface area (Å²) in [7, 11) is 1.66. The van der Waals surface area contributed by atoms with E-state index in [2.05, 4.69) is 42.7 Å². The van der Waals surface area contributed by atoms with Gasteiger partial charge in [0.2, 0.25) is 5.91 Å². The summed E-state index contributed by atoms with van der Waals surface area (Å²) in [6.07, 6.45) is 2.33. The summed E-state index contributed by atoms with van der Waals surface area (Å²) in [6.45, 7) is 6.29. The Bertz CT molecular complexity index is 1380. The number of fused-ring (bicyclic) bond motifs is 1. The number of rotatable bonds is 9. The Morgan fingerprint density at radius 2 is 1.72 bits per heavy atom. The largest absolute Gasteiger partial charge is 0.493 e. The van der Waals surface area contributed by atoms with Crippen LogP contribution in [0, 0.1) is 13.8 Å². The molecule has 1 amide bonds. The third-order valence-electron chi connectivity index (χ3n) is 7.14. The highest BCUT2D eigenvalue weighted by Crippen LogP contribution is 2.35. The highest BCUT2D eigenvalue weighted by atomic mass is 16.5. The van der Waals surface area contributed by atoms with Crippen LogP contribution in [0.2, 0.25) is 0 Å². The number of anilines is 1. The van der Waals surface area contributed by atoms with E-state index < -0.39 is 0 Å². The Morgan fingerprint density at radius 1 is 0.944 bits per heavy atom. The molecule has 186 valence electrons. The molecule has 6 heteroatoms. The van der Waals surface area contributed by atoms with E-state index in [0.717, 1.165) is 59.0 Å². The molecule has 2 heterocycles. The molecular weight excluding hydrogens is 450 g/mol. The summed E-state index contributed by atoms with van der Waals surface area (Å²) >= 11 is 0. The number of ether oxygens (including phenoxy) is 2. The van der Waals surface area contributed by atoms with Gasteiger partial charge in [0.25, 0.3) is 0 Å². The minimum Gasteiger partial charge on any atom is -0.493 e. The molecule has 36 heavy (non-hydrogen) atoms. The molecule has 0 aliphatic carbocycles.